The summed E-state index contributed by atoms with van der Waals surface area (Å²) >= 11 is 0. The normalized spacial score (nSPS) is 9.00. The summed E-state index contributed by atoms with van der Waals surface area (Å²) in [4.78, 5) is 0. The van der Waals surface area contributed by atoms with Gasteiger partial charge in [0.05, 0.1) is 5.60 Å². The number of nitrogens with two attached hydrogens (primary N) is 1. The molecule has 0 rings (SSSR count). The van der Waals surface area contributed by atoms with Crippen LogP contribution in [0.5, 0.6) is 0 Å². The topological polar surface area (TPSA) is 116 Å². The molecule has 0 aliphatic carbocycles. The van der Waals surface area contributed by atoms with Gasteiger partial charge in [0, 0.05) is 6.54 Å². The second-order valence-corrected chi connectivity index (χ2v) is 2.02. The molecular formula is C4H17N3O. The molecule has 0 amide bonds. The van der Waals surface area contributed by atoms with E-state index in [0.717, 1.165) is 0 Å². The van der Waals surface area contributed by atoms with Crippen LogP contribution in [0.4, 0.5) is 0 Å². The first-order valence-corrected chi connectivity index (χ1v) is 1.99. The molecule has 9 N–H and O–H groups in total. The molecule has 0 aliphatic heterocycles. The Bertz CT molecular complexity index is 41.0. The van der Waals surface area contributed by atoms with Crippen molar-refractivity contribution in [1.29, 1.82) is 0 Å². The smallest absolute Gasteiger partial charge is 0.0713 e. The molecule has 4 heteroatoms. The maximum absolute atomic E-state index is 8.70. The lowest BCUT2D eigenvalue weighted by Crippen LogP contribution is -2.29. The lowest BCUT2D eigenvalue weighted by molar-refractivity contribution is 0.0898. The molecular weight excluding hydrogens is 106 g/mol. The van der Waals surface area contributed by atoms with Gasteiger partial charge in [-0.1, -0.05) is 0 Å². The zero-order chi connectivity index (χ0) is 5.21. The van der Waals surface area contributed by atoms with Gasteiger partial charge in [0.2, 0.25) is 0 Å². The molecule has 0 bridgehead atoms. The predicted molar refractivity (Wildman–Crippen MR) is 35.4 cm³/mol. The van der Waals surface area contributed by atoms with Crippen LogP contribution in [-0.4, -0.2) is 17.3 Å². The van der Waals surface area contributed by atoms with Crippen molar-refractivity contribution in [2.24, 2.45) is 5.73 Å². The van der Waals surface area contributed by atoms with Crippen LogP contribution in [0, 0.1) is 0 Å². The lowest BCUT2D eigenvalue weighted by Gasteiger charge is -2.11. The molecule has 0 spiro atoms. The van der Waals surface area contributed by atoms with E-state index in [2.05, 4.69) is 0 Å². The van der Waals surface area contributed by atoms with E-state index < -0.39 is 5.60 Å². The zero-order valence-electron chi connectivity index (χ0n) is 5.65. The van der Waals surface area contributed by atoms with E-state index in [1.165, 1.54) is 0 Å². The SMILES string of the molecule is CC(C)(O)CN.N.N. The second kappa shape index (κ2) is 4.99. The predicted octanol–water partition coefficient (Wildman–Crippen LogP) is 0.0400. The Kier molecular flexibility index (Phi) is 9.76. The summed E-state index contributed by atoms with van der Waals surface area (Å²) in [6.07, 6.45) is 0. The largest absolute Gasteiger partial charge is 0.389 e. The van der Waals surface area contributed by atoms with E-state index >= 15 is 0 Å². The van der Waals surface area contributed by atoms with Gasteiger partial charge in [0.1, 0.15) is 0 Å². The van der Waals surface area contributed by atoms with Crippen molar-refractivity contribution in [2.45, 2.75) is 19.4 Å². The molecule has 4 nitrogen and oxygen atoms in total. The standard InChI is InChI=1S/C4H11NO.2H3N/c1-4(2,6)3-5;;/h6H,3,5H2,1-2H3;2*1H3. The third-order valence-corrected chi connectivity index (χ3v) is 0.500. The summed E-state index contributed by atoms with van der Waals surface area (Å²) in [6, 6.07) is 0. The van der Waals surface area contributed by atoms with Crippen LogP contribution < -0.4 is 18.0 Å². The molecule has 0 fully saturated rings. The molecule has 0 atom stereocenters. The second-order valence-electron chi connectivity index (χ2n) is 2.02. The van der Waals surface area contributed by atoms with Crippen molar-refractivity contribution in [3.8, 4) is 0 Å². The Hall–Kier alpha value is -0.160. The van der Waals surface area contributed by atoms with Gasteiger partial charge in [-0.05, 0) is 13.8 Å². The van der Waals surface area contributed by atoms with Crippen LogP contribution in [0.15, 0.2) is 0 Å². The number of hydrogen-bond donors (Lipinski definition) is 4. The van der Waals surface area contributed by atoms with Gasteiger partial charge >= 0.3 is 0 Å². The van der Waals surface area contributed by atoms with Crippen molar-refractivity contribution in [1.82, 2.24) is 12.3 Å². The average Bonchev–Trinajstić information content (AvgIpc) is 1.35. The number of hydrogen-bond acceptors (Lipinski definition) is 4. The average molecular weight is 123 g/mol. The summed E-state index contributed by atoms with van der Waals surface area (Å²) in [7, 11) is 0. The molecule has 0 unspecified atom stereocenters. The first-order valence-electron chi connectivity index (χ1n) is 1.99. The van der Waals surface area contributed by atoms with Crippen molar-refractivity contribution < 1.29 is 5.11 Å². The highest BCUT2D eigenvalue weighted by Gasteiger charge is 2.06. The van der Waals surface area contributed by atoms with E-state index in [-0.39, 0.29) is 12.3 Å². The fraction of sp³-hybridized carbons (Fsp3) is 1.00. The molecule has 0 radical (unpaired) electrons. The first kappa shape index (κ1) is 15.7. The minimum Gasteiger partial charge on any atom is -0.389 e. The molecule has 0 aliphatic rings. The lowest BCUT2D eigenvalue weighted by atomic mass is 10.1. The number of rotatable bonds is 1. The van der Waals surface area contributed by atoms with Crippen LogP contribution >= 0.6 is 0 Å². The van der Waals surface area contributed by atoms with Crippen LogP contribution in [0.2, 0.25) is 0 Å². The molecule has 8 heavy (non-hydrogen) atoms. The summed E-state index contributed by atoms with van der Waals surface area (Å²) < 4.78 is 0. The van der Waals surface area contributed by atoms with Gasteiger partial charge < -0.3 is 23.1 Å². The van der Waals surface area contributed by atoms with E-state index in [1.54, 1.807) is 13.8 Å². The molecule has 0 aromatic heterocycles. The van der Waals surface area contributed by atoms with E-state index in [9.17, 15) is 0 Å². The summed E-state index contributed by atoms with van der Waals surface area (Å²) in [6.45, 7) is 3.67. The molecule has 0 aromatic carbocycles. The van der Waals surface area contributed by atoms with Gasteiger partial charge in [-0.15, -0.1) is 0 Å². The molecule has 0 heterocycles. The third-order valence-electron chi connectivity index (χ3n) is 0.500. The van der Waals surface area contributed by atoms with Crippen LogP contribution in [0.3, 0.4) is 0 Å². The van der Waals surface area contributed by atoms with Crippen LogP contribution in [0.25, 0.3) is 0 Å². The Balaban J connectivity index is -0.000000125. The third kappa shape index (κ3) is 17.0. The number of aliphatic hydroxyl groups is 1. The van der Waals surface area contributed by atoms with E-state index in [1.807, 2.05) is 0 Å². The maximum atomic E-state index is 8.70. The molecule has 0 saturated heterocycles. The first-order chi connectivity index (χ1) is 2.56. The fourth-order valence-corrected chi connectivity index (χ4v) is 0. The minimum absolute atomic E-state index is 0. The monoisotopic (exact) mass is 123 g/mol. The van der Waals surface area contributed by atoms with Gasteiger partial charge in [0.25, 0.3) is 0 Å². The van der Waals surface area contributed by atoms with E-state index in [0.29, 0.717) is 6.54 Å². The zero-order valence-corrected chi connectivity index (χ0v) is 5.65. The van der Waals surface area contributed by atoms with Gasteiger partial charge in [-0.3, -0.25) is 0 Å². The van der Waals surface area contributed by atoms with Crippen molar-refractivity contribution in [3.05, 3.63) is 0 Å². The van der Waals surface area contributed by atoms with Gasteiger partial charge in [-0.2, -0.15) is 0 Å². The highest BCUT2D eigenvalue weighted by molar-refractivity contribution is 4.63. The van der Waals surface area contributed by atoms with Crippen molar-refractivity contribution >= 4 is 0 Å². The summed E-state index contributed by atoms with van der Waals surface area (Å²) in [5, 5.41) is 8.70. The van der Waals surface area contributed by atoms with Crippen LogP contribution in [0.1, 0.15) is 13.8 Å². The highest BCUT2D eigenvalue weighted by Crippen LogP contribution is 1.93. The summed E-state index contributed by atoms with van der Waals surface area (Å²) in [5.41, 5.74) is 4.38. The van der Waals surface area contributed by atoms with Crippen molar-refractivity contribution in [3.63, 3.8) is 0 Å². The highest BCUT2D eigenvalue weighted by atomic mass is 16.3. The van der Waals surface area contributed by atoms with E-state index in [4.69, 9.17) is 10.8 Å². The summed E-state index contributed by atoms with van der Waals surface area (Å²) in [5.74, 6) is 0. The Morgan fingerprint density at radius 2 is 1.50 bits per heavy atom. The Morgan fingerprint density at radius 3 is 1.50 bits per heavy atom. The van der Waals surface area contributed by atoms with Gasteiger partial charge in [-0.25, -0.2) is 0 Å². The molecule has 0 aromatic rings. The Morgan fingerprint density at radius 1 is 1.38 bits per heavy atom. The molecule has 54 valence electrons. The maximum Gasteiger partial charge on any atom is 0.0713 e. The van der Waals surface area contributed by atoms with Crippen molar-refractivity contribution in [2.75, 3.05) is 6.54 Å². The quantitative estimate of drug-likeness (QED) is 0.394. The fourth-order valence-electron chi connectivity index (χ4n) is 0. The minimum atomic E-state index is -0.681. The van der Waals surface area contributed by atoms with Crippen LogP contribution in [-0.2, 0) is 0 Å². The molecule has 0 saturated carbocycles. The van der Waals surface area contributed by atoms with Gasteiger partial charge in [0.15, 0.2) is 0 Å². The Labute approximate surface area is 50.2 Å².